The Kier molecular flexibility index (Phi) is 8.66. The van der Waals surface area contributed by atoms with Crippen molar-refractivity contribution in [3.63, 3.8) is 0 Å². The van der Waals surface area contributed by atoms with Crippen molar-refractivity contribution in [1.82, 2.24) is 10.2 Å². The van der Waals surface area contributed by atoms with E-state index in [1.807, 2.05) is 0 Å². The van der Waals surface area contributed by atoms with Crippen LogP contribution in [0.5, 0.6) is 5.75 Å². The summed E-state index contributed by atoms with van der Waals surface area (Å²) in [4.78, 5) is 2.53. The van der Waals surface area contributed by atoms with Gasteiger partial charge in [-0.3, -0.25) is 4.90 Å². The van der Waals surface area contributed by atoms with Crippen molar-refractivity contribution in [3.05, 3.63) is 30.1 Å². The number of nitrogens with zero attached hydrogens (tertiary/aromatic N) is 1. The molecule has 21 heavy (non-hydrogen) atoms. The van der Waals surface area contributed by atoms with Gasteiger partial charge in [-0.1, -0.05) is 6.92 Å². The Bertz CT molecular complexity index is 382. The first kappa shape index (κ1) is 18.2. The standard InChI is InChI=1S/C16H25FN2O.ClH/c1-2-11-19(15-7-9-18-10-8-15)12-13-20-16-5-3-14(17)4-6-16;/h3-6,15,18H,2,7-13H2,1H3;1H. The average Bonchev–Trinajstić information content (AvgIpc) is 2.49. The first-order valence-electron chi connectivity index (χ1n) is 7.62. The van der Waals surface area contributed by atoms with E-state index in [0.717, 1.165) is 31.9 Å². The molecular formula is C16H26ClFN2O. The zero-order chi connectivity index (χ0) is 14.2. The number of hydrogen-bond acceptors (Lipinski definition) is 3. The van der Waals surface area contributed by atoms with Crippen LogP contribution in [0.1, 0.15) is 26.2 Å². The molecule has 3 nitrogen and oxygen atoms in total. The predicted octanol–water partition coefficient (Wildman–Crippen LogP) is 3.09. The molecule has 0 atom stereocenters. The third-order valence-electron chi connectivity index (χ3n) is 3.80. The van der Waals surface area contributed by atoms with E-state index in [2.05, 4.69) is 17.1 Å². The Morgan fingerprint density at radius 2 is 1.86 bits per heavy atom. The third kappa shape index (κ3) is 6.20. The van der Waals surface area contributed by atoms with Gasteiger partial charge in [0.15, 0.2) is 0 Å². The van der Waals surface area contributed by atoms with Crippen molar-refractivity contribution in [3.8, 4) is 5.75 Å². The lowest BCUT2D eigenvalue weighted by molar-refractivity contribution is 0.135. The first-order valence-corrected chi connectivity index (χ1v) is 7.62. The molecule has 0 amide bonds. The van der Waals surface area contributed by atoms with Crippen LogP contribution in [0.3, 0.4) is 0 Å². The number of benzene rings is 1. The fourth-order valence-corrected chi connectivity index (χ4v) is 2.75. The minimum Gasteiger partial charge on any atom is -0.492 e. The van der Waals surface area contributed by atoms with E-state index in [9.17, 15) is 4.39 Å². The van der Waals surface area contributed by atoms with Gasteiger partial charge in [0.2, 0.25) is 0 Å². The molecule has 1 aromatic carbocycles. The normalized spacial score (nSPS) is 15.8. The van der Waals surface area contributed by atoms with Gasteiger partial charge in [0.05, 0.1) is 0 Å². The topological polar surface area (TPSA) is 24.5 Å². The van der Waals surface area contributed by atoms with Gasteiger partial charge < -0.3 is 10.1 Å². The Hall–Kier alpha value is -0.840. The number of rotatable bonds is 7. The first-order chi connectivity index (χ1) is 9.79. The van der Waals surface area contributed by atoms with Crippen LogP contribution in [0, 0.1) is 5.82 Å². The predicted molar refractivity (Wildman–Crippen MR) is 86.9 cm³/mol. The molecule has 2 rings (SSSR count). The molecule has 1 saturated heterocycles. The zero-order valence-corrected chi connectivity index (χ0v) is 13.5. The van der Waals surface area contributed by atoms with Gasteiger partial charge in [-0.2, -0.15) is 0 Å². The zero-order valence-electron chi connectivity index (χ0n) is 12.7. The van der Waals surface area contributed by atoms with Gasteiger partial charge in [-0.05, 0) is 63.2 Å². The number of nitrogens with one attached hydrogen (secondary N) is 1. The maximum Gasteiger partial charge on any atom is 0.123 e. The molecule has 0 aliphatic carbocycles. The van der Waals surface area contributed by atoms with E-state index < -0.39 is 0 Å². The van der Waals surface area contributed by atoms with Crippen molar-refractivity contribution < 1.29 is 9.13 Å². The molecule has 120 valence electrons. The lowest BCUT2D eigenvalue weighted by atomic mass is 10.0. The highest BCUT2D eigenvalue weighted by atomic mass is 35.5. The Morgan fingerprint density at radius 1 is 1.19 bits per heavy atom. The molecule has 1 aliphatic heterocycles. The fraction of sp³-hybridized carbons (Fsp3) is 0.625. The molecule has 1 heterocycles. The minimum absolute atomic E-state index is 0. The summed E-state index contributed by atoms with van der Waals surface area (Å²) >= 11 is 0. The van der Waals surface area contributed by atoms with Gasteiger partial charge >= 0.3 is 0 Å². The van der Waals surface area contributed by atoms with Crippen LogP contribution >= 0.6 is 12.4 Å². The highest BCUT2D eigenvalue weighted by molar-refractivity contribution is 5.85. The quantitative estimate of drug-likeness (QED) is 0.836. The summed E-state index contributed by atoms with van der Waals surface area (Å²) < 4.78 is 18.5. The highest BCUT2D eigenvalue weighted by Gasteiger charge is 2.19. The van der Waals surface area contributed by atoms with Crippen LogP contribution < -0.4 is 10.1 Å². The lowest BCUT2D eigenvalue weighted by Crippen LogP contribution is -2.45. The maximum absolute atomic E-state index is 12.8. The van der Waals surface area contributed by atoms with E-state index in [-0.39, 0.29) is 18.2 Å². The SMILES string of the molecule is CCCN(CCOc1ccc(F)cc1)C1CCNCC1.Cl. The van der Waals surface area contributed by atoms with Crippen molar-refractivity contribution in [2.45, 2.75) is 32.2 Å². The van der Waals surface area contributed by atoms with E-state index in [1.165, 1.54) is 31.4 Å². The molecule has 0 unspecified atom stereocenters. The monoisotopic (exact) mass is 316 g/mol. The highest BCUT2D eigenvalue weighted by Crippen LogP contribution is 2.14. The van der Waals surface area contributed by atoms with Gasteiger partial charge in [0.25, 0.3) is 0 Å². The third-order valence-corrected chi connectivity index (χ3v) is 3.80. The van der Waals surface area contributed by atoms with Gasteiger partial charge in [-0.15, -0.1) is 12.4 Å². The van der Waals surface area contributed by atoms with Crippen molar-refractivity contribution in [2.75, 3.05) is 32.8 Å². The summed E-state index contributed by atoms with van der Waals surface area (Å²) in [6.45, 7) is 7.17. The lowest BCUT2D eigenvalue weighted by Gasteiger charge is -2.34. The van der Waals surface area contributed by atoms with E-state index in [0.29, 0.717) is 12.6 Å². The summed E-state index contributed by atoms with van der Waals surface area (Å²) in [6, 6.07) is 6.92. The molecule has 5 heteroatoms. The molecule has 1 N–H and O–H groups in total. The number of piperidine rings is 1. The molecule has 0 bridgehead atoms. The molecule has 1 fully saturated rings. The van der Waals surface area contributed by atoms with E-state index in [1.54, 1.807) is 12.1 Å². The van der Waals surface area contributed by atoms with E-state index >= 15 is 0 Å². The largest absolute Gasteiger partial charge is 0.492 e. The van der Waals surface area contributed by atoms with Crippen molar-refractivity contribution >= 4 is 12.4 Å². The number of halogens is 2. The van der Waals surface area contributed by atoms with Gasteiger partial charge in [-0.25, -0.2) is 4.39 Å². The maximum atomic E-state index is 12.8. The average molecular weight is 317 g/mol. The molecule has 0 spiro atoms. The van der Waals surface area contributed by atoms with Crippen LogP contribution in [0.4, 0.5) is 4.39 Å². The summed E-state index contributed by atoms with van der Waals surface area (Å²) in [6.07, 6.45) is 3.60. The summed E-state index contributed by atoms with van der Waals surface area (Å²) in [5.41, 5.74) is 0. The molecule has 0 saturated carbocycles. The Labute approximate surface area is 133 Å². The van der Waals surface area contributed by atoms with Crippen LogP contribution in [0.25, 0.3) is 0 Å². The molecule has 0 aromatic heterocycles. The summed E-state index contributed by atoms with van der Waals surface area (Å²) in [7, 11) is 0. The second-order valence-electron chi connectivity index (χ2n) is 5.32. The smallest absolute Gasteiger partial charge is 0.123 e. The summed E-state index contributed by atoms with van der Waals surface area (Å²) in [5, 5.41) is 3.41. The Balaban J connectivity index is 0.00000220. The van der Waals surface area contributed by atoms with E-state index in [4.69, 9.17) is 4.74 Å². The van der Waals surface area contributed by atoms with Gasteiger partial charge in [0.1, 0.15) is 18.2 Å². The molecule has 1 aromatic rings. The van der Waals surface area contributed by atoms with Crippen LogP contribution in [-0.2, 0) is 0 Å². The van der Waals surface area contributed by atoms with Crippen molar-refractivity contribution in [2.24, 2.45) is 0 Å². The molecule has 1 aliphatic rings. The van der Waals surface area contributed by atoms with Crippen LogP contribution in [-0.4, -0.2) is 43.7 Å². The fourth-order valence-electron chi connectivity index (χ4n) is 2.75. The molecular weight excluding hydrogens is 291 g/mol. The molecule has 0 radical (unpaired) electrons. The Morgan fingerprint density at radius 3 is 2.48 bits per heavy atom. The number of ether oxygens (including phenoxy) is 1. The second kappa shape index (κ2) is 9.98. The number of hydrogen-bond donors (Lipinski definition) is 1. The minimum atomic E-state index is -0.223. The van der Waals surface area contributed by atoms with Crippen LogP contribution in [0.15, 0.2) is 24.3 Å². The second-order valence-corrected chi connectivity index (χ2v) is 5.32. The van der Waals surface area contributed by atoms with Crippen molar-refractivity contribution in [1.29, 1.82) is 0 Å². The van der Waals surface area contributed by atoms with Gasteiger partial charge in [0, 0.05) is 12.6 Å². The van der Waals surface area contributed by atoms with Crippen LogP contribution in [0.2, 0.25) is 0 Å². The summed E-state index contributed by atoms with van der Waals surface area (Å²) in [5.74, 6) is 0.521.